The molecule has 80 valence electrons. The Bertz CT molecular complexity index is 438. The second-order valence-corrected chi connectivity index (χ2v) is 5.20. The van der Waals surface area contributed by atoms with Gasteiger partial charge >= 0.3 is 0 Å². The Labute approximate surface area is 105 Å². The van der Waals surface area contributed by atoms with Crippen LogP contribution in [-0.2, 0) is 6.54 Å². The highest BCUT2D eigenvalue weighted by atomic mass is 127. The van der Waals surface area contributed by atoms with Gasteiger partial charge in [0.15, 0.2) is 0 Å². The molecule has 2 heterocycles. The average Bonchev–Trinajstić information content (AvgIpc) is 2.78. The van der Waals surface area contributed by atoms with Gasteiger partial charge in [-0.15, -0.1) is 10.2 Å². The Hall–Kier alpha value is -0.700. The second kappa shape index (κ2) is 4.88. The SMILES string of the molecule is CCNc1nnc(Cn2cc(I)cn2)s1. The van der Waals surface area contributed by atoms with Crippen molar-refractivity contribution in [2.45, 2.75) is 13.5 Å². The molecule has 0 unspecified atom stereocenters. The molecule has 2 aromatic heterocycles. The van der Waals surface area contributed by atoms with Crippen molar-refractivity contribution < 1.29 is 0 Å². The van der Waals surface area contributed by atoms with E-state index in [1.165, 1.54) is 0 Å². The van der Waals surface area contributed by atoms with E-state index in [0.29, 0.717) is 6.54 Å². The number of nitrogens with one attached hydrogen (secondary N) is 1. The Balaban J connectivity index is 2.04. The van der Waals surface area contributed by atoms with Crippen LogP contribution < -0.4 is 5.32 Å². The first-order valence-electron chi connectivity index (χ1n) is 4.52. The molecule has 5 nitrogen and oxygen atoms in total. The lowest BCUT2D eigenvalue weighted by Crippen LogP contribution is -1.99. The van der Waals surface area contributed by atoms with Gasteiger partial charge in [-0.05, 0) is 29.5 Å². The van der Waals surface area contributed by atoms with Crippen molar-refractivity contribution >= 4 is 39.1 Å². The van der Waals surface area contributed by atoms with Crippen LogP contribution in [0.4, 0.5) is 5.13 Å². The van der Waals surface area contributed by atoms with E-state index in [0.717, 1.165) is 20.3 Å². The highest BCUT2D eigenvalue weighted by Crippen LogP contribution is 2.15. The van der Waals surface area contributed by atoms with Crippen LogP contribution in [0.3, 0.4) is 0 Å². The molecule has 0 fully saturated rings. The van der Waals surface area contributed by atoms with Gasteiger partial charge in [-0.3, -0.25) is 4.68 Å². The number of aromatic nitrogens is 4. The maximum Gasteiger partial charge on any atom is 0.205 e. The predicted octanol–water partition coefficient (Wildman–Crippen LogP) is 1.82. The standard InChI is InChI=1S/C8H10IN5S/c1-2-10-8-13-12-7(15-8)5-14-4-6(9)3-11-14/h3-4H,2,5H2,1H3,(H,10,13). The zero-order chi connectivity index (χ0) is 10.7. The second-order valence-electron chi connectivity index (χ2n) is 2.89. The lowest BCUT2D eigenvalue weighted by Gasteiger charge is -1.94. The number of halogens is 1. The minimum absolute atomic E-state index is 0.687. The minimum Gasteiger partial charge on any atom is -0.360 e. The molecular formula is C8H10IN5S. The molecule has 0 amide bonds. The molecule has 0 atom stereocenters. The molecule has 15 heavy (non-hydrogen) atoms. The molecule has 2 rings (SSSR count). The normalized spacial score (nSPS) is 10.5. The van der Waals surface area contributed by atoms with Crippen LogP contribution in [-0.4, -0.2) is 26.5 Å². The Kier molecular flexibility index (Phi) is 3.52. The van der Waals surface area contributed by atoms with E-state index in [-0.39, 0.29) is 0 Å². The van der Waals surface area contributed by atoms with E-state index in [2.05, 4.69) is 43.2 Å². The molecule has 0 aliphatic heterocycles. The summed E-state index contributed by atoms with van der Waals surface area (Å²) < 4.78 is 2.99. The Morgan fingerprint density at radius 1 is 1.53 bits per heavy atom. The monoisotopic (exact) mass is 335 g/mol. The Morgan fingerprint density at radius 2 is 2.40 bits per heavy atom. The quantitative estimate of drug-likeness (QED) is 0.866. The van der Waals surface area contributed by atoms with E-state index in [4.69, 9.17) is 0 Å². The molecule has 0 bridgehead atoms. The summed E-state index contributed by atoms with van der Waals surface area (Å²) in [6.45, 7) is 3.59. The van der Waals surface area contributed by atoms with Gasteiger partial charge < -0.3 is 5.32 Å². The average molecular weight is 335 g/mol. The molecule has 0 aliphatic rings. The van der Waals surface area contributed by atoms with E-state index in [1.54, 1.807) is 11.3 Å². The van der Waals surface area contributed by atoms with Crippen molar-refractivity contribution in [1.29, 1.82) is 0 Å². The maximum absolute atomic E-state index is 4.19. The van der Waals surface area contributed by atoms with Crippen LogP contribution in [0.25, 0.3) is 0 Å². The van der Waals surface area contributed by atoms with E-state index < -0.39 is 0 Å². The fourth-order valence-electron chi connectivity index (χ4n) is 1.10. The van der Waals surface area contributed by atoms with Gasteiger partial charge in [0.05, 0.1) is 16.3 Å². The number of hydrogen-bond acceptors (Lipinski definition) is 5. The molecule has 1 N–H and O–H groups in total. The summed E-state index contributed by atoms with van der Waals surface area (Å²) in [5.74, 6) is 0. The molecule has 0 aromatic carbocycles. The summed E-state index contributed by atoms with van der Waals surface area (Å²) in [5.41, 5.74) is 0. The van der Waals surface area contributed by atoms with Gasteiger partial charge in [0.1, 0.15) is 5.01 Å². The summed E-state index contributed by atoms with van der Waals surface area (Å²) in [5, 5.41) is 17.3. The van der Waals surface area contributed by atoms with Crippen molar-refractivity contribution in [1.82, 2.24) is 20.0 Å². The largest absolute Gasteiger partial charge is 0.360 e. The van der Waals surface area contributed by atoms with Crippen molar-refractivity contribution in [3.05, 3.63) is 21.0 Å². The smallest absolute Gasteiger partial charge is 0.205 e. The van der Waals surface area contributed by atoms with Crippen LogP contribution in [0.2, 0.25) is 0 Å². The molecule has 0 spiro atoms. The predicted molar refractivity (Wildman–Crippen MR) is 68.1 cm³/mol. The summed E-state index contributed by atoms with van der Waals surface area (Å²) in [4.78, 5) is 0. The van der Waals surface area contributed by atoms with Gasteiger partial charge in [0.2, 0.25) is 5.13 Å². The molecule has 7 heteroatoms. The van der Waals surface area contributed by atoms with Crippen LogP contribution in [0.15, 0.2) is 12.4 Å². The fraction of sp³-hybridized carbons (Fsp3) is 0.375. The van der Waals surface area contributed by atoms with E-state index in [1.807, 2.05) is 24.0 Å². The fourth-order valence-corrected chi connectivity index (χ4v) is 2.35. The molecule has 0 radical (unpaired) electrons. The zero-order valence-electron chi connectivity index (χ0n) is 8.14. The van der Waals surface area contributed by atoms with E-state index >= 15 is 0 Å². The summed E-state index contributed by atoms with van der Waals surface area (Å²) in [6.07, 6.45) is 3.81. The number of rotatable bonds is 4. The number of anilines is 1. The topological polar surface area (TPSA) is 55.6 Å². The van der Waals surface area contributed by atoms with Crippen molar-refractivity contribution in [2.75, 3.05) is 11.9 Å². The highest BCUT2D eigenvalue weighted by molar-refractivity contribution is 14.1. The van der Waals surface area contributed by atoms with Gasteiger partial charge in [-0.25, -0.2) is 0 Å². The van der Waals surface area contributed by atoms with Crippen LogP contribution in [0.1, 0.15) is 11.9 Å². The third-order valence-corrected chi connectivity index (χ3v) is 3.12. The van der Waals surface area contributed by atoms with Crippen LogP contribution in [0, 0.1) is 3.57 Å². The Morgan fingerprint density at radius 3 is 3.07 bits per heavy atom. The molecule has 0 aliphatic carbocycles. The third kappa shape index (κ3) is 2.88. The van der Waals surface area contributed by atoms with Crippen molar-refractivity contribution in [3.63, 3.8) is 0 Å². The number of hydrogen-bond donors (Lipinski definition) is 1. The van der Waals surface area contributed by atoms with Crippen LogP contribution >= 0.6 is 33.9 Å². The van der Waals surface area contributed by atoms with E-state index in [9.17, 15) is 0 Å². The van der Waals surface area contributed by atoms with Gasteiger partial charge in [0.25, 0.3) is 0 Å². The molecular weight excluding hydrogens is 325 g/mol. The number of nitrogens with zero attached hydrogens (tertiary/aromatic N) is 4. The minimum atomic E-state index is 0.687. The lowest BCUT2D eigenvalue weighted by molar-refractivity contribution is 0.677. The summed E-state index contributed by atoms with van der Waals surface area (Å²) in [6, 6.07) is 0. The maximum atomic E-state index is 4.19. The lowest BCUT2D eigenvalue weighted by atomic mass is 10.7. The zero-order valence-corrected chi connectivity index (χ0v) is 11.1. The van der Waals surface area contributed by atoms with Crippen molar-refractivity contribution in [2.24, 2.45) is 0 Å². The highest BCUT2D eigenvalue weighted by Gasteiger charge is 2.04. The first-order valence-corrected chi connectivity index (χ1v) is 6.41. The van der Waals surface area contributed by atoms with Crippen LogP contribution in [0.5, 0.6) is 0 Å². The van der Waals surface area contributed by atoms with Gasteiger partial charge in [-0.1, -0.05) is 11.3 Å². The molecule has 0 saturated carbocycles. The van der Waals surface area contributed by atoms with Crippen molar-refractivity contribution in [3.8, 4) is 0 Å². The third-order valence-electron chi connectivity index (χ3n) is 1.69. The summed E-state index contributed by atoms with van der Waals surface area (Å²) in [7, 11) is 0. The van der Waals surface area contributed by atoms with Gasteiger partial charge in [0, 0.05) is 12.7 Å². The first kappa shape index (κ1) is 10.8. The molecule has 2 aromatic rings. The van der Waals surface area contributed by atoms with Gasteiger partial charge in [-0.2, -0.15) is 5.10 Å². The first-order chi connectivity index (χ1) is 7.28. The molecule has 0 saturated heterocycles. The summed E-state index contributed by atoms with van der Waals surface area (Å²) >= 11 is 3.80.